The number of fused-ring (bicyclic) bond motifs is 2. The van der Waals surface area contributed by atoms with Gasteiger partial charge in [0.05, 0.1) is 27.9 Å². The molecule has 7 heteroatoms. The molecular formula is C31H42N4O2S. The van der Waals surface area contributed by atoms with Crippen molar-refractivity contribution in [1.82, 2.24) is 9.97 Å². The first-order valence-electron chi connectivity index (χ1n) is 14.9. The van der Waals surface area contributed by atoms with Gasteiger partial charge in [0.2, 0.25) is 0 Å². The Hall–Kier alpha value is -2.22. The lowest BCUT2D eigenvalue weighted by Gasteiger charge is -2.33. The van der Waals surface area contributed by atoms with E-state index >= 15 is 0 Å². The average Bonchev–Trinajstić information content (AvgIpc) is 3.60. The second-order valence-electron chi connectivity index (χ2n) is 11.3. The summed E-state index contributed by atoms with van der Waals surface area (Å²) in [5.74, 6) is 1.58. The molecule has 0 radical (unpaired) electrons. The van der Waals surface area contributed by atoms with Crippen molar-refractivity contribution >= 4 is 33.2 Å². The van der Waals surface area contributed by atoms with Crippen LogP contribution in [0.5, 0.6) is 0 Å². The molecule has 1 saturated heterocycles. The summed E-state index contributed by atoms with van der Waals surface area (Å²) >= 11 is 1.76. The number of hydrogen-bond donors (Lipinski definition) is 2. The van der Waals surface area contributed by atoms with Crippen LogP contribution in [-0.4, -0.2) is 40.5 Å². The van der Waals surface area contributed by atoms with Crippen molar-refractivity contribution in [3.63, 3.8) is 0 Å². The van der Waals surface area contributed by atoms with Crippen LogP contribution in [0.3, 0.4) is 0 Å². The topological polar surface area (TPSA) is 68.3 Å². The molecule has 1 spiro atoms. The van der Waals surface area contributed by atoms with Crippen molar-refractivity contribution in [3.8, 4) is 10.6 Å². The van der Waals surface area contributed by atoms with Gasteiger partial charge in [0, 0.05) is 19.4 Å². The SMILES string of the molecule is CCCCCNc1nc(NC2CCC3OC4(CCCCC4)OC23)c(-c2nc3ccccc3s2)c(C)c1CC. The van der Waals surface area contributed by atoms with Crippen molar-refractivity contribution < 1.29 is 9.47 Å². The highest BCUT2D eigenvalue weighted by Crippen LogP contribution is 2.47. The molecule has 2 N–H and O–H groups in total. The second kappa shape index (κ2) is 11.1. The van der Waals surface area contributed by atoms with Gasteiger partial charge in [-0.2, -0.15) is 0 Å². The van der Waals surface area contributed by atoms with Gasteiger partial charge in [0.1, 0.15) is 22.7 Å². The molecule has 3 heterocycles. The van der Waals surface area contributed by atoms with Crippen molar-refractivity contribution in [2.75, 3.05) is 17.2 Å². The predicted octanol–water partition coefficient (Wildman–Crippen LogP) is 7.85. The molecule has 3 aliphatic rings. The fourth-order valence-electron chi connectivity index (χ4n) is 6.67. The van der Waals surface area contributed by atoms with E-state index in [0.29, 0.717) is 0 Å². The summed E-state index contributed by atoms with van der Waals surface area (Å²) in [7, 11) is 0. The summed E-state index contributed by atoms with van der Waals surface area (Å²) in [6.45, 7) is 7.66. The highest BCUT2D eigenvalue weighted by atomic mass is 32.1. The number of hydrogen-bond acceptors (Lipinski definition) is 7. The maximum absolute atomic E-state index is 6.75. The number of rotatable bonds is 9. The van der Waals surface area contributed by atoms with Crippen LogP contribution >= 0.6 is 11.3 Å². The number of pyridine rings is 1. The van der Waals surface area contributed by atoms with Crippen molar-refractivity contribution in [2.24, 2.45) is 0 Å². The Bertz CT molecular complexity index is 1240. The Balaban J connectivity index is 1.35. The van der Waals surface area contributed by atoms with Crippen LogP contribution in [0, 0.1) is 6.92 Å². The Morgan fingerprint density at radius 3 is 2.63 bits per heavy atom. The number of nitrogens with zero attached hydrogens (tertiary/aromatic N) is 2. The minimum Gasteiger partial charge on any atom is -0.370 e. The number of nitrogens with one attached hydrogen (secondary N) is 2. The van der Waals surface area contributed by atoms with Gasteiger partial charge in [-0.25, -0.2) is 9.97 Å². The third kappa shape index (κ3) is 4.93. The van der Waals surface area contributed by atoms with Crippen LogP contribution in [-0.2, 0) is 15.9 Å². The molecule has 3 unspecified atom stereocenters. The minimum absolute atomic E-state index is 0.0743. The van der Waals surface area contributed by atoms with E-state index in [4.69, 9.17) is 19.4 Å². The molecule has 3 fully saturated rings. The zero-order valence-electron chi connectivity index (χ0n) is 23.1. The maximum atomic E-state index is 6.75. The van der Waals surface area contributed by atoms with E-state index < -0.39 is 0 Å². The fourth-order valence-corrected chi connectivity index (χ4v) is 7.74. The average molecular weight is 535 g/mol. The summed E-state index contributed by atoms with van der Waals surface area (Å²) in [6, 6.07) is 8.60. The van der Waals surface area contributed by atoms with Gasteiger partial charge in [0.25, 0.3) is 0 Å². The lowest BCUT2D eigenvalue weighted by molar-refractivity contribution is -0.198. The monoisotopic (exact) mass is 534 g/mol. The van der Waals surface area contributed by atoms with Crippen LogP contribution in [0.15, 0.2) is 24.3 Å². The Morgan fingerprint density at radius 2 is 1.84 bits per heavy atom. The molecular weight excluding hydrogens is 492 g/mol. The Labute approximate surface area is 230 Å². The van der Waals surface area contributed by atoms with E-state index in [-0.39, 0.29) is 24.0 Å². The molecule has 2 aromatic heterocycles. The number of anilines is 2. The third-order valence-electron chi connectivity index (χ3n) is 8.69. The van der Waals surface area contributed by atoms with E-state index in [0.717, 1.165) is 72.8 Å². The number of ether oxygens (including phenoxy) is 2. The van der Waals surface area contributed by atoms with Crippen LogP contribution in [0.2, 0.25) is 0 Å². The van der Waals surface area contributed by atoms with E-state index in [2.05, 4.69) is 55.7 Å². The fraction of sp³-hybridized carbons (Fsp3) is 0.613. The van der Waals surface area contributed by atoms with E-state index in [1.165, 1.54) is 47.9 Å². The Kier molecular flexibility index (Phi) is 7.61. The number of aromatic nitrogens is 2. The lowest BCUT2D eigenvalue weighted by Crippen LogP contribution is -2.38. The largest absolute Gasteiger partial charge is 0.370 e. The van der Waals surface area contributed by atoms with Crippen molar-refractivity contribution in [2.45, 2.75) is 115 Å². The molecule has 38 heavy (non-hydrogen) atoms. The van der Waals surface area contributed by atoms with Crippen LogP contribution in [0.4, 0.5) is 11.6 Å². The van der Waals surface area contributed by atoms with Crippen molar-refractivity contribution in [3.05, 3.63) is 35.4 Å². The first kappa shape index (κ1) is 26.0. The van der Waals surface area contributed by atoms with Crippen LogP contribution in [0.25, 0.3) is 20.8 Å². The van der Waals surface area contributed by atoms with Gasteiger partial charge in [-0.3, -0.25) is 0 Å². The van der Waals surface area contributed by atoms with Gasteiger partial charge in [-0.1, -0.05) is 45.2 Å². The van der Waals surface area contributed by atoms with Crippen LogP contribution < -0.4 is 10.6 Å². The first-order chi connectivity index (χ1) is 18.6. The number of para-hydroxylation sites is 1. The summed E-state index contributed by atoms with van der Waals surface area (Å²) < 4.78 is 14.5. The molecule has 2 saturated carbocycles. The zero-order valence-corrected chi connectivity index (χ0v) is 24.0. The number of benzene rings is 1. The number of unbranched alkanes of at least 4 members (excludes halogenated alkanes) is 2. The van der Waals surface area contributed by atoms with Gasteiger partial charge in [-0.05, 0) is 68.7 Å². The summed E-state index contributed by atoms with van der Waals surface area (Å²) in [5.41, 5.74) is 4.73. The van der Waals surface area contributed by atoms with Gasteiger partial charge < -0.3 is 20.1 Å². The second-order valence-corrected chi connectivity index (χ2v) is 12.3. The van der Waals surface area contributed by atoms with Crippen molar-refractivity contribution in [1.29, 1.82) is 0 Å². The molecule has 3 atom stereocenters. The normalized spacial score (nSPS) is 24.2. The molecule has 2 aliphatic carbocycles. The third-order valence-corrected chi connectivity index (χ3v) is 9.74. The minimum atomic E-state index is -0.356. The summed E-state index contributed by atoms with van der Waals surface area (Å²) in [5, 5.41) is 8.60. The molecule has 1 aliphatic heterocycles. The highest BCUT2D eigenvalue weighted by Gasteiger charge is 2.53. The quantitative estimate of drug-likeness (QED) is 0.273. The molecule has 0 bridgehead atoms. The lowest BCUT2D eigenvalue weighted by atomic mass is 9.94. The van der Waals surface area contributed by atoms with E-state index in [1.54, 1.807) is 11.3 Å². The summed E-state index contributed by atoms with van der Waals surface area (Å²) in [6.07, 6.45) is 12.6. The zero-order chi connectivity index (χ0) is 26.1. The molecule has 0 amide bonds. The van der Waals surface area contributed by atoms with Gasteiger partial charge in [-0.15, -0.1) is 11.3 Å². The molecule has 204 valence electrons. The summed E-state index contributed by atoms with van der Waals surface area (Å²) in [4.78, 5) is 10.3. The molecule has 6 rings (SSSR count). The maximum Gasteiger partial charge on any atom is 0.169 e. The van der Waals surface area contributed by atoms with Gasteiger partial charge in [0.15, 0.2) is 5.79 Å². The predicted molar refractivity (Wildman–Crippen MR) is 157 cm³/mol. The first-order valence-corrected chi connectivity index (χ1v) is 15.7. The molecule has 3 aromatic rings. The Morgan fingerprint density at radius 1 is 1.00 bits per heavy atom. The highest BCUT2D eigenvalue weighted by molar-refractivity contribution is 7.21. The van der Waals surface area contributed by atoms with Crippen LogP contribution in [0.1, 0.15) is 89.2 Å². The smallest absolute Gasteiger partial charge is 0.169 e. The standard InChI is InChI=1S/C31H42N4O2S/c1-4-6-12-19-32-28-21(5-2)20(3)26(30-34-22-13-8-9-14-25(22)38-30)29(35-28)33-23-15-16-24-27(23)37-31(36-24)17-10-7-11-18-31/h8-9,13-14,23-24,27H,4-7,10-12,15-19H2,1-3H3,(H2,32,33,35). The van der Waals surface area contributed by atoms with E-state index in [9.17, 15) is 0 Å². The van der Waals surface area contributed by atoms with E-state index in [1.807, 2.05) is 0 Å². The molecule has 6 nitrogen and oxygen atoms in total. The molecule has 1 aromatic carbocycles. The van der Waals surface area contributed by atoms with Gasteiger partial charge >= 0.3 is 0 Å². The number of thiazole rings is 1.